The largest absolute Gasteiger partial charge is 0.354 e. The smallest absolute Gasteiger partial charge is 0.269 e. The van der Waals surface area contributed by atoms with Crippen molar-refractivity contribution in [2.45, 2.75) is 38.1 Å². The lowest BCUT2D eigenvalue weighted by atomic mass is 9.99. The summed E-state index contributed by atoms with van der Waals surface area (Å²) in [5, 5.41) is 17.1. The fraction of sp³-hybridized carbons (Fsp3) is 0.533. The van der Waals surface area contributed by atoms with E-state index in [0.29, 0.717) is 18.2 Å². The number of piperidine rings is 1. The molecular formula is C15H21N3O3. The average Bonchev–Trinajstić information content (AvgIpc) is 2.53. The fourth-order valence-electron chi connectivity index (χ4n) is 2.53. The number of non-ortho nitro benzene ring substituents is 1. The number of hydrogen-bond acceptors (Lipinski definition) is 4. The summed E-state index contributed by atoms with van der Waals surface area (Å²) in [4.78, 5) is 22.5. The number of amides is 1. The topological polar surface area (TPSA) is 84.3 Å². The van der Waals surface area contributed by atoms with Crippen molar-refractivity contribution in [1.29, 1.82) is 0 Å². The highest BCUT2D eigenvalue weighted by Gasteiger charge is 2.19. The molecule has 2 atom stereocenters. The lowest BCUT2D eigenvalue weighted by Crippen LogP contribution is -2.44. The molecule has 0 spiro atoms. The molecule has 2 unspecified atom stereocenters. The third-order valence-electron chi connectivity index (χ3n) is 3.91. The SMILES string of the molecule is CC(C(=O)NCC1CCCCN1)c1cccc([N+](=O)[O-])c1. The Morgan fingerprint density at radius 1 is 1.52 bits per heavy atom. The molecule has 2 rings (SSSR count). The molecule has 0 saturated carbocycles. The molecule has 1 heterocycles. The van der Waals surface area contributed by atoms with E-state index in [1.165, 1.54) is 25.0 Å². The number of nitrogens with zero attached hydrogens (tertiary/aromatic N) is 1. The van der Waals surface area contributed by atoms with Gasteiger partial charge in [0.2, 0.25) is 5.91 Å². The summed E-state index contributed by atoms with van der Waals surface area (Å²) in [6, 6.07) is 6.58. The normalized spacial score (nSPS) is 19.8. The zero-order chi connectivity index (χ0) is 15.2. The number of nitrogens with one attached hydrogen (secondary N) is 2. The highest BCUT2D eigenvalue weighted by atomic mass is 16.6. The molecular weight excluding hydrogens is 270 g/mol. The predicted octanol–water partition coefficient (Wildman–Crippen LogP) is 1.96. The van der Waals surface area contributed by atoms with Crippen LogP contribution in [0.2, 0.25) is 0 Å². The van der Waals surface area contributed by atoms with Gasteiger partial charge in [-0.05, 0) is 31.9 Å². The first-order chi connectivity index (χ1) is 10.1. The second-order valence-corrected chi connectivity index (χ2v) is 5.47. The Morgan fingerprint density at radius 3 is 3.00 bits per heavy atom. The molecule has 1 aliphatic heterocycles. The van der Waals surface area contributed by atoms with Crippen LogP contribution in [0.3, 0.4) is 0 Å². The number of rotatable bonds is 5. The van der Waals surface area contributed by atoms with Gasteiger partial charge < -0.3 is 10.6 Å². The quantitative estimate of drug-likeness (QED) is 0.641. The van der Waals surface area contributed by atoms with E-state index in [0.717, 1.165) is 13.0 Å². The summed E-state index contributed by atoms with van der Waals surface area (Å²) in [5.74, 6) is -0.489. The van der Waals surface area contributed by atoms with Gasteiger partial charge in [-0.3, -0.25) is 14.9 Å². The minimum absolute atomic E-state index is 0.0149. The van der Waals surface area contributed by atoms with Gasteiger partial charge in [0.1, 0.15) is 0 Å². The van der Waals surface area contributed by atoms with Crippen LogP contribution < -0.4 is 10.6 Å². The van der Waals surface area contributed by atoms with Gasteiger partial charge in [0.05, 0.1) is 10.8 Å². The monoisotopic (exact) mass is 291 g/mol. The molecule has 1 aromatic rings. The summed E-state index contributed by atoms with van der Waals surface area (Å²) < 4.78 is 0. The average molecular weight is 291 g/mol. The van der Waals surface area contributed by atoms with E-state index in [1.54, 1.807) is 19.1 Å². The van der Waals surface area contributed by atoms with Crippen LogP contribution in [0.4, 0.5) is 5.69 Å². The van der Waals surface area contributed by atoms with Crippen LogP contribution in [0.5, 0.6) is 0 Å². The Hall–Kier alpha value is -1.95. The van der Waals surface area contributed by atoms with E-state index in [2.05, 4.69) is 10.6 Å². The van der Waals surface area contributed by atoms with E-state index in [4.69, 9.17) is 0 Å². The van der Waals surface area contributed by atoms with Gasteiger partial charge in [-0.25, -0.2) is 0 Å². The van der Waals surface area contributed by atoms with Crippen molar-refractivity contribution in [2.24, 2.45) is 0 Å². The summed E-state index contributed by atoms with van der Waals surface area (Å²) >= 11 is 0. The van der Waals surface area contributed by atoms with Crippen molar-refractivity contribution in [2.75, 3.05) is 13.1 Å². The molecule has 114 valence electrons. The third kappa shape index (κ3) is 4.26. The lowest BCUT2D eigenvalue weighted by Gasteiger charge is -2.24. The van der Waals surface area contributed by atoms with E-state index in [-0.39, 0.29) is 11.6 Å². The van der Waals surface area contributed by atoms with E-state index in [9.17, 15) is 14.9 Å². The number of nitro benzene ring substituents is 1. The van der Waals surface area contributed by atoms with Gasteiger partial charge in [0.15, 0.2) is 0 Å². The summed E-state index contributed by atoms with van der Waals surface area (Å²) in [6.45, 7) is 3.38. The van der Waals surface area contributed by atoms with Crippen molar-refractivity contribution < 1.29 is 9.72 Å². The number of benzene rings is 1. The van der Waals surface area contributed by atoms with Crippen molar-refractivity contribution in [3.05, 3.63) is 39.9 Å². The second kappa shape index (κ2) is 7.17. The highest BCUT2D eigenvalue weighted by molar-refractivity contribution is 5.83. The first-order valence-electron chi connectivity index (χ1n) is 7.33. The molecule has 1 aliphatic rings. The van der Waals surface area contributed by atoms with Crippen LogP contribution in [-0.2, 0) is 4.79 Å². The predicted molar refractivity (Wildman–Crippen MR) is 80.2 cm³/mol. The standard InChI is InChI=1S/C15H21N3O3/c1-11(12-5-4-7-14(9-12)18(20)21)15(19)17-10-13-6-2-3-8-16-13/h4-5,7,9,11,13,16H,2-3,6,8,10H2,1H3,(H,17,19). The summed E-state index contributed by atoms with van der Waals surface area (Å²) in [7, 11) is 0. The molecule has 6 heteroatoms. The zero-order valence-electron chi connectivity index (χ0n) is 12.2. The Balaban J connectivity index is 1.92. The molecule has 1 saturated heterocycles. The van der Waals surface area contributed by atoms with Gasteiger partial charge >= 0.3 is 0 Å². The Labute approximate surface area is 124 Å². The maximum atomic E-state index is 12.2. The first kappa shape index (κ1) is 15.4. The molecule has 0 radical (unpaired) electrons. The minimum Gasteiger partial charge on any atom is -0.354 e. The van der Waals surface area contributed by atoms with Crippen LogP contribution in [0.25, 0.3) is 0 Å². The molecule has 1 aromatic carbocycles. The van der Waals surface area contributed by atoms with Crippen molar-refractivity contribution in [3.63, 3.8) is 0 Å². The van der Waals surface area contributed by atoms with Crippen LogP contribution in [0.1, 0.15) is 37.7 Å². The van der Waals surface area contributed by atoms with Gasteiger partial charge in [-0.2, -0.15) is 0 Å². The van der Waals surface area contributed by atoms with Gasteiger partial charge in [-0.1, -0.05) is 18.6 Å². The van der Waals surface area contributed by atoms with Crippen LogP contribution in [0, 0.1) is 10.1 Å². The number of carbonyl (C=O) groups is 1. The molecule has 1 fully saturated rings. The number of nitro groups is 1. The van der Waals surface area contributed by atoms with Gasteiger partial charge in [0.25, 0.3) is 5.69 Å². The zero-order valence-corrected chi connectivity index (χ0v) is 12.2. The Kier molecular flexibility index (Phi) is 5.27. The number of hydrogen-bond donors (Lipinski definition) is 2. The maximum absolute atomic E-state index is 12.2. The van der Waals surface area contributed by atoms with E-state index < -0.39 is 10.8 Å². The van der Waals surface area contributed by atoms with Crippen molar-refractivity contribution >= 4 is 11.6 Å². The molecule has 1 amide bonds. The molecule has 2 N–H and O–H groups in total. The molecule has 0 bridgehead atoms. The third-order valence-corrected chi connectivity index (χ3v) is 3.91. The molecule has 6 nitrogen and oxygen atoms in total. The van der Waals surface area contributed by atoms with Gasteiger partial charge in [0, 0.05) is 24.7 Å². The van der Waals surface area contributed by atoms with Crippen LogP contribution in [-0.4, -0.2) is 30.0 Å². The second-order valence-electron chi connectivity index (χ2n) is 5.47. The first-order valence-corrected chi connectivity index (χ1v) is 7.33. The molecule has 21 heavy (non-hydrogen) atoms. The summed E-state index contributed by atoms with van der Waals surface area (Å²) in [5.41, 5.74) is 0.680. The molecule has 0 aromatic heterocycles. The Bertz CT molecular complexity index is 513. The van der Waals surface area contributed by atoms with E-state index >= 15 is 0 Å². The number of carbonyl (C=O) groups excluding carboxylic acids is 1. The van der Waals surface area contributed by atoms with Crippen molar-refractivity contribution in [1.82, 2.24) is 10.6 Å². The van der Waals surface area contributed by atoms with E-state index in [1.807, 2.05) is 0 Å². The maximum Gasteiger partial charge on any atom is 0.269 e. The van der Waals surface area contributed by atoms with Crippen molar-refractivity contribution in [3.8, 4) is 0 Å². The summed E-state index contributed by atoms with van der Waals surface area (Å²) in [6.07, 6.45) is 3.45. The highest BCUT2D eigenvalue weighted by Crippen LogP contribution is 2.20. The fourth-order valence-corrected chi connectivity index (χ4v) is 2.53. The van der Waals surface area contributed by atoms with Crippen LogP contribution >= 0.6 is 0 Å². The van der Waals surface area contributed by atoms with Gasteiger partial charge in [-0.15, -0.1) is 0 Å². The molecule has 0 aliphatic carbocycles. The van der Waals surface area contributed by atoms with Crippen LogP contribution in [0.15, 0.2) is 24.3 Å². The lowest BCUT2D eigenvalue weighted by molar-refractivity contribution is -0.384. The Morgan fingerprint density at radius 2 is 2.33 bits per heavy atom. The minimum atomic E-state index is -0.444.